The zero-order chi connectivity index (χ0) is 15.5. The largest absolute Gasteiger partial charge is 0.463 e. The van der Waals surface area contributed by atoms with Crippen LogP contribution in [0.15, 0.2) is 28.9 Å². The van der Waals surface area contributed by atoms with Crippen molar-refractivity contribution in [2.45, 2.75) is 45.9 Å². The van der Waals surface area contributed by atoms with E-state index in [2.05, 4.69) is 49.1 Å². The third-order valence-corrected chi connectivity index (χ3v) is 3.27. The van der Waals surface area contributed by atoms with E-state index in [1.54, 1.807) is 0 Å². The lowest BCUT2D eigenvalue weighted by molar-refractivity contribution is 0.272. The molecular formula is C16H26N4O. The maximum absolute atomic E-state index is 5.87. The van der Waals surface area contributed by atoms with Gasteiger partial charge in [-0.3, -0.25) is 4.90 Å². The van der Waals surface area contributed by atoms with Gasteiger partial charge in [0.15, 0.2) is 0 Å². The molecule has 0 aliphatic rings. The second-order valence-electron chi connectivity index (χ2n) is 6.60. The normalized spacial score (nSPS) is 12.3. The molecule has 5 nitrogen and oxygen atoms in total. The maximum atomic E-state index is 5.87. The first-order chi connectivity index (χ1) is 9.83. The van der Waals surface area contributed by atoms with Crippen molar-refractivity contribution >= 4 is 0 Å². The maximum Gasteiger partial charge on any atom is 0.122 e. The van der Waals surface area contributed by atoms with Gasteiger partial charge in [-0.15, -0.1) is 0 Å². The van der Waals surface area contributed by atoms with E-state index in [4.69, 9.17) is 4.42 Å². The van der Waals surface area contributed by atoms with E-state index in [-0.39, 0.29) is 5.54 Å². The van der Waals surface area contributed by atoms with Crippen molar-refractivity contribution in [3.63, 3.8) is 0 Å². The van der Waals surface area contributed by atoms with E-state index in [9.17, 15) is 0 Å². The standard InChI is InChI=1S/C16H26N4O/c1-16(2,3)18-10-13-6-7-14(21-13)11-19(4)12-15-17-8-9-20(15)5/h6-9,18H,10-12H2,1-5H3. The monoisotopic (exact) mass is 290 g/mol. The summed E-state index contributed by atoms with van der Waals surface area (Å²) in [5.41, 5.74) is 0.0992. The van der Waals surface area contributed by atoms with Crippen LogP contribution in [0.25, 0.3) is 0 Å². The van der Waals surface area contributed by atoms with E-state index in [0.29, 0.717) is 0 Å². The Balaban J connectivity index is 1.86. The number of nitrogens with one attached hydrogen (secondary N) is 1. The molecule has 0 aliphatic heterocycles. The van der Waals surface area contributed by atoms with Crippen LogP contribution in [0.2, 0.25) is 0 Å². The van der Waals surface area contributed by atoms with Gasteiger partial charge in [-0.1, -0.05) is 0 Å². The molecular weight excluding hydrogens is 264 g/mol. The first-order valence-electron chi connectivity index (χ1n) is 7.31. The Labute approximate surface area is 127 Å². The number of aromatic nitrogens is 2. The molecule has 0 radical (unpaired) electrons. The zero-order valence-electron chi connectivity index (χ0n) is 13.7. The molecule has 2 aromatic heterocycles. The van der Waals surface area contributed by atoms with Crippen LogP contribution in [0.1, 0.15) is 38.1 Å². The van der Waals surface area contributed by atoms with Crippen LogP contribution in [0.3, 0.4) is 0 Å². The van der Waals surface area contributed by atoms with Gasteiger partial charge in [0.25, 0.3) is 0 Å². The van der Waals surface area contributed by atoms with Crippen LogP contribution in [0.4, 0.5) is 0 Å². The molecule has 2 heterocycles. The average molecular weight is 290 g/mol. The molecule has 0 bridgehead atoms. The van der Waals surface area contributed by atoms with E-state index in [1.807, 2.05) is 30.1 Å². The Morgan fingerprint density at radius 1 is 1.24 bits per heavy atom. The SMILES string of the molecule is CN(Cc1ccc(CNC(C)(C)C)o1)Cc1nccn1C. The van der Waals surface area contributed by atoms with Crippen molar-refractivity contribution in [2.75, 3.05) is 7.05 Å². The van der Waals surface area contributed by atoms with Crippen molar-refractivity contribution in [3.8, 4) is 0 Å². The molecule has 1 N–H and O–H groups in total. The van der Waals surface area contributed by atoms with Crippen LogP contribution >= 0.6 is 0 Å². The second kappa shape index (κ2) is 6.45. The molecule has 0 amide bonds. The molecule has 21 heavy (non-hydrogen) atoms. The molecule has 0 saturated heterocycles. The van der Waals surface area contributed by atoms with E-state index >= 15 is 0 Å². The fourth-order valence-electron chi connectivity index (χ4n) is 2.07. The van der Waals surface area contributed by atoms with Gasteiger partial charge in [-0.05, 0) is 40.0 Å². The number of aryl methyl sites for hydroxylation is 1. The van der Waals surface area contributed by atoms with Crippen LogP contribution in [-0.4, -0.2) is 27.0 Å². The van der Waals surface area contributed by atoms with Gasteiger partial charge in [0, 0.05) is 25.0 Å². The second-order valence-corrected chi connectivity index (χ2v) is 6.60. The van der Waals surface area contributed by atoms with Gasteiger partial charge in [0.1, 0.15) is 17.3 Å². The van der Waals surface area contributed by atoms with E-state index in [0.717, 1.165) is 37.0 Å². The molecule has 5 heteroatoms. The minimum Gasteiger partial charge on any atom is -0.463 e. The summed E-state index contributed by atoms with van der Waals surface area (Å²) in [6.45, 7) is 8.79. The lowest BCUT2D eigenvalue weighted by Gasteiger charge is -2.19. The van der Waals surface area contributed by atoms with E-state index < -0.39 is 0 Å². The lowest BCUT2D eigenvalue weighted by atomic mass is 10.1. The summed E-state index contributed by atoms with van der Waals surface area (Å²) in [5.74, 6) is 3.02. The van der Waals surface area contributed by atoms with Crippen LogP contribution < -0.4 is 5.32 Å². The van der Waals surface area contributed by atoms with Crippen molar-refractivity contribution in [3.05, 3.63) is 41.9 Å². The highest BCUT2D eigenvalue weighted by Gasteiger charge is 2.11. The molecule has 0 atom stereocenters. The summed E-state index contributed by atoms with van der Waals surface area (Å²) >= 11 is 0. The van der Waals surface area contributed by atoms with Gasteiger partial charge in [-0.25, -0.2) is 4.98 Å². The Bertz CT molecular complexity index is 565. The first kappa shape index (κ1) is 15.8. The molecule has 0 aliphatic carbocycles. The molecule has 116 valence electrons. The highest BCUT2D eigenvalue weighted by molar-refractivity contribution is 5.07. The number of furan rings is 1. The average Bonchev–Trinajstić information content (AvgIpc) is 2.96. The Morgan fingerprint density at radius 2 is 1.95 bits per heavy atom. The minimum absolute atomic E-state index is 0.0992. The fraction of sp³-hybridized carbons (Fsp3) is 0.562. The molecule has 0 saturated carbocycles. The van der Waals surface area contributed by atoms with Crippen molar-refractivity contribution < 1.29 is 4.42 Å². The molecule has 0 unspecified atom stereocenters. The summed E-state index contributed by atoms with van der Waals surface area (Å²) in [6, 6.07) is 4.09. The smallest absolute Gasteiger partial charge is 0.122 e. The number of rotatable bonds is 6. The lowest BCUT2D eigenvalue weighted by Crippen LogP contribution is -2.34. The Morgan fingerprint density at radius 3 is 2.57 bits per heavy atom. The molecule has 2 rings (SSSR count). The summed E-state index contributed by atoms with van der Waals surface area (Å²) < 4.78 is 7.91. The Kier molecular flexibility index (Phi) is 4.85. The third-order valence-electron chi connectivity index (χ3n) is 3.27. The van der Waals surface area contributed by atoms with Gasteiger partial charge in [0.2, 0.25) is 0 Å². The molecule has 0 aromatic carbocycles. The topological polar surface area (TPSA) is 46.2 Å². The highest BCUT2D eigenvalue weighted by atomic mass is 16.3. The third kappa shape index (κ3) is 5.02. The highest BCUT2D eigenvalue weighted by Crippen LogP contribution is 2.12. The fourth-order valence-corrected chi connectivity index (χ4v) is 2.07. The van der Waals surface area contributed by atoms with E-state index in [1.165, 1.54) is 0 Å². The molecule has 0 spiro atoms. The van der Waals surface area contributed by atoms with Crippen LogP contribution in [-0.2, 0) is 26.7 Å². The van der Waals surface area contributed by atoms with Gasteiger partial charge in [0.05, 0.1) is 19.6 Å². The first-order valence-corrected chi connectivity index (χ1v) is 7.31. The van der Waals surface area contributed by atoms with Crippen LogP contribution in [0, 0.1) is 0 Å². The zero-order valence-corrected chi connectivity index (χ0v) is 13.7. The van der Waals surface area contributed by atoms with Crippen LogP contribution in [0.5, 0.6) is 0 Å². The van der Waals surface area contributed by atoms with Crippen molar-refractivity contribution in [1.82, 2.24) is 19.8 Å². The predicted octanol–water partition coefficient (Wildman–Crippen LogP) is 2.53. The van der Waals surface area contributed by atoms with Gasteiger partial charge >= 0.3 is 0 Å². The summed E-state index contributed by atoms with van der Waals surface area (Å²) in [7, 11) is 4.09. The van der Waals surface area contributed by atoms with Gasteiger partial charge in [-0.2, -0.15) is 0 Å². The quantitative estimate of drug-likeness (QED) is 0.888. The predicted molar refractivity (Wildman–Crippen MR) is 83.7 cm³/mol. The van der Waals surface area contributed by atoms with Crippen molar-refractivity contribution in [1.29, 1.82) is 0 Å². The number of hydrogen-bond donors (Lipinski definition) is 1. The van der Waals surface area contributed by atoms with Crippen molar-refractivity contribution in [2.24, 2.45) is 7.05 Å². The molecule has 0 fully saturated rings. The number of nitrogens with zero attached hydrogens (tertiary/aromatic N) is 3. The summed E-state index contributed by atoms with van der Waals surface area (Å²) in [4.78, 5) is 6.54. The van der Waals surface area contributed by atoms with Gasteiger partial charge < -0.3 is 14.3 Å². The summed E-state index contributed by atoms with van der Waals surface area (Å²) in [5, 5.41) is 3.43. The Hall–Kier alpha value is -1.59. The molecule has 2 aromatic rings. The number of imidazole rings is 1. The minimum atomic E-state index is 0.0992. The summed E-state index contributed by atoms with van der Waals surface area (Å²) in [6.07, 6.45) is 3.79. The number of hydrogen-bond acceptors (Lipinski definition) is 4.